The maximum Gasteiger partial charge on any atom is 0.289 e. The second-order valence-electron chi connectivity index (χ2n) is 6.66. The summed E-state index contributed by atoms with van der Waals surface area (Å²) in [6.07, 6.45) is 5.67. The number of likely N-dealkylation sites (tertiary alicyclic amines) is 1. The average molecular weight is 344 g/mol. The highest BCUT2D eigenvalue weighted by Gasteiger charge is 2.23. The van der Waals surface area contributed by atoms with Crippen molar-refractivity contribution in [2.75, 3.05) is 26.7 Å². The van der Waals surface area contributed by atoms with Gasteiger partial charge in [0.2, 0.25) is 0 Å². The summed E-state index contributed by atoms with van der Waals surface area (Å²) >= 11 is 0. The Hall–Kier alpha value is -2.01. The number of unbranched alkanes of at least 4 members (excludes halogenated alkanes) is 1. The summed E-state index contributed by atoms with van der Waals surface area (Å²) in [7, 11) is 1.63. The molecule has 1 aliphatic heterocycles. The van der Waals surface area contributed by atoms with E-state index >= 15 is 0 Å². The zero-order chi connectivity index (χ0) is 17.6. The van der Waals surface area contributed by atoms with Gasteiger partial charge in [0.25, 0.3) is 5.91 Å². The van der Waals surface area contributed by atoms with Gasteiger partial charge in [-0.3, -0.25) is 4.79 Å². The number of ether oxygens (including phenoxy) is 1. The Morgan fingerprint density at radius 1 is 1.28 bits per heavy atom. The Kier molecular flexibility index (Phi) is 5.97. The molecule has 0 unspecified atom stereocenters. The minimum atomic E-state index is -0.0113. The predicted octanol–water partition coefficient (Wildman–Crippen LogP) is 3.96. The van der Waals surface area contributed by atoms with E-state index in [1.165, 1.54) is 12.8 Å². The Bertz CT molecular complexity index is 717. The van der Waals surface area contributed by atoms with Crippen LogP contribution in [0, 0.1) is 0 Å². The standard InChI is InChI=1S/C20H28N2O3/c1-3-4-10-21-14-15-8-9-17(24-2)19-16(15)13-18(25-19)20(23)22-11-6-5-7-12-22/h8-9,13,21H,3-7,10-12,14H2,1-2H3. The number of carbonyl (C=O) groups is 1. The number of nitrogens with one attached hydrogen (secondary N) is 1. The molecule has 5 nitrogen and oxygen atoms in total. The molecule has 1 aliphatic rings. The molecule has 0 bridgehead atoms. The first kappa shape index (κ1) is 17.8. The van der Waals surface area contributed by atoms with Gasteiger partial charge in [0.1, 0.15) is 0 Å². The molecule has 3 rings (SSSR count). The lowest BCUT2D eigenvalue weighted by atomic mass is 10.1. The number of rotatable bonds is 7. The van der Waals surface area contributed by atoms with E-state index in [1.54, 1.807) is 7.11 Å². The molecule has 0 atom stereocenters. The summed E-state index contributed by atoms with van der Waals surface area (Å²) < 4.78 is 11.4. The zero-order valence-electron chi connectivity index (χ0n) is 15.3. The third-order valence-electron chi connectivity index (χ3n) is 4.83. The average Bonchev–Trinajstić information content (AvgIpc) is 3.11. The van der Waals surface area contributed by atoms with Gasteiger partial charge in [-0.25, -0.2) is 0 Å². The number of hydrogen-bond acceptors (Lipinski definition) is 4. The molecule has 0 radical (unpaired) electrons. The van der Waals surface area contributed by atoms with Gasteiger partial charge >= 0.3 is 0 Å². The number of nitrogens with zero attached hydrogens (tertiary/aromatic N) is 1. The van der Waals surface area contributed by atoms with E-state index in [2.05, 4.69) is 12.2 Å². The lowest BCUT2D eigenvalue weighted by molar-refractivity contribution is 0.0694. The predicted molar refractivity (Wildman–Crippen MR) is 99.1 cm³/mol. The van der Waals surface area contributed by atoms with Crippen LogP contribution >= 0.6 is 0 Å². The highest BCUT2D eigenvalue weighted by Crippen LogP contribution is 2.32. The molecule has 136 valence electrons. The van der Waals surface area contributed by atoms with Gasteiger partial charge < -0.3 is 19.4 Å². The second-order valence-corrected chi connectivity index (χ2v) is 6.66. The van der Waals surface area contributed by atoms with Gasteiger partial charge in [0.05, 0.1) is 7.11 Å². The van der Waals surface area contributed by atoms with E-state index < -0.39 is 0 Å². The number of piperidine rings is 1. The first-order valence-corrected chi connectivity index (χ1v) is 9.34. The van der Waals surface area contributed by atoms with Gasteiger partial charge in [-0.05, 0) is 49.9 Å². The molecule has 1 aromatic heterocycles. The molecular formula is C20H28N2O3. The van der Waals surface area contributed by atoms with Crippen LogP contribution in [0.15, 0.2) is 22.6 Å². The van der Waals surface area contributed by atoms with Crippen molar-refractivity contribution in [1.29, 1.82) is 0 Å². The van der Waals surface area contributed by atoms with Crippen LogP contribution in [0.1, 0.15) is 55.1 Å². The molecule has 2 heterocycles. The van der Waals surface area contributed by atoms with E-state index in [4.69, 9.17) is 9.15 Å². The summed E-state index contributed by atoms with van der Waals surface area (Å²) in [5.41, 5.74) is 1.80. The fourth-order valence-corrected chi connectivity index (χ4v) is 3.35. The molecule has 0 saturated carbocycles. The molecule has 2 aromatic rings. The first-order valence-electron chi connectivity index (χ1n) is 9.34. The fraction of sp³-hybridized carbons (Fsp3) is 0.550. The van der Waals surface area contributed by atoms with E-state index in [0.717, 1.165) is 56.4 Å². The third-order valence-corrected chi connectivity index (χ3v) is 4.83. The van der Waals surface area contributed by atoms with Gasteiger partial charge in [-0.2, -0.15) is 0 Å². The Labute approximate surface area is 149 Å². The number of amides is 1. The Balaban J connectivity index is 1.86. The molecular weight excluding hydrogens is 316 g/mol. The van der Waals surface area contributed by atoms with Gasteiger partial charge in [0, 0.05) is 25.0 Å². The number of benzene rings is 1. The largest absolute Gasteiger partial charge is 0.493 e. The topological polar surface area (TPSA) is 54.7 Å². The third kappa shape index (κ3) is 3.98. The van der Waals surface area contributed by atoms with E-state index in [-0.39, 0.29) is 5.91 Å². The van der Waals surface area contributed by atoms with Crippen LogP contribution in [0.3, 0.4) is 0 Å². The van der Waals surface area contributed by atoms with Gasteiger partial charge in [0.15, 0.2) is 17.1 Å². The van der Waals surface area contributed by atoms with Crippen LogP contribution < -0.4 is 10.1 Å². The van der Waals surface area contributed by atoms with Crippen molar-refractivity contribution in [1.82, 2.24) is 10.2 Å². The molecule has 1 saturated heterocycles. The number of carbonyl (C=O) groups excluding carboxylic acids is 1. The zero-order valence-corrected chi connectivity index (χ0v) is 15.3. The molecule has 0 spiro atoms. The van der Waals surface area contributed by atoms with Crippen molar-refractivity contribution in [3.63, 3.8) is 0 Å². The van der Waals surface area contributed by atoms with Crippen molar-refractivity contribution in [2.45, 2.75) is 45.6 Å². The van der Waals surface area contributed by atoms with Gasteiger partial charge in [-0.1, -0.05) is 19.4 Å². The highest BCUT2D eigenvalue weighted by atomic mass is 16.5. The minimum absolute atomic E-state index is 0.0113. The van der Waals surface area contributed by atoms with Crippen LogP contribution in [0.5, 0.6) is 5.75 Å². The van der Waals surface area contributed by atoms with Crippen LogP contribution in [0.2, 0.25) is 0 Å². The fourth-order valence-electron chi connectivity index (χ4n) is 3.35. The molecule has 1 aromatic carbocycles. The number of methoxy groups -OCH3 is 1. The smallest absolute Gasteiger partial charge is 0.289 e. The molecule has 0 aliphatic carbocycles. The molecule has 1 fully saturated rings. The Morgan fingerprint density at radius 3 is 2.80 bits per heavy atom. The van der Waals surface area contributed by atoms with Gasteiger partial charge in [-0.15, -0.1) is 0 Å². The quantitative estimate of drug-likeness (QED) is 0.773. The minimum Gasteiger partial charge on any atom is -0.493 e. The highest BCUT2D eigenvalue weighted by molar-refractivity contribution is 5.98. The van der Waals surface area contributed by atoms with Crippen molar-refractivity contribution in [3.05, 3.63) is 29.5 Å². The summed E-state index contributed by atoms with van der Waals surface area (Å²) in [6, 6.07) is 5.84. The molecule has 25 heavy (non-hydrogen) atoms. The maximum atomic E-state index is 12.8. The first-order chi connectivity index (χ1) is 12.2. The van der Waals surface area contributed by atoms with Crippen LogP contribution in [0.4, 0.5) is 0 Å². The Morgan fingerprint density at radius 2 is 2.08 bits per heavy atom. The number of hydrogen-bond donors (Lipinski definition) is 1. The summed E-state index contributed by atoms with van der Waals surface area (Å²) in [5, 5.41) is 4.42. The SMILES string of the molecule is CCCCNCc1ccc(OC)c2oc(C(=O)N3CCCCC3)cc12. The second kappa shape index (κ2) is 8.39. The summed E-state index contributed by atoms with van der Waals surface area (Å²) in [4.78, 5) is 14.7. The van der Waals surface area contributed by atoms with E-state index in [1.807, 2.05) is 23.1 Å². The van der Waals surface area contributed by atoms with Crippen molar-refractivity contribution in [2.24, 2.45) is 0 Å². The van der Waals surface area contributed by atoms with Crippen molar-refractivity contribution in [3.8, 4) is 5.75 Å². The van der Waals surface area contributed by atoms with Crippen molar-refractivity contribution >= 4 is 16.9 Å². The van der Waals surface area contributed by atoms with E-state index in [9.17, 15) is 4.79 Å². The van der Waals surface area contributed by atoms with Crippen LogP contribution in [-0.2, 0) is 6.54 Å². The number of furan rings is 1. The summed E-state index contributed by atoms with van der Waals surface area (Å²) in [6.45, 7) is 5.57. The van der Waals surface area contributed by atoms with Crippen LogP contribution in [0.25, 0.3) is 11.0 Å². The number of fused-ring (bicyclic) bond motifs is 1. The lowest BCUT2D eigenvalue weighted by Gasteiger charge is -2.25. The lowest BCUT2D eigenvalue weighted by Crippen LogP contribution is -2.35. The molecule has 5 heteroatoms. The van der Waals surface area contributed by atoms with E-state index in [0.29, 0.717) is 17.1 Å². The monoisotopic (exact) mass is 344 g/mol. The molecule has 1 amide bonds. The molecule has 1 N–H and O–H groups in total. The maximum absolute atomic E-state index is 12.8. The summed E-state index contributed by atoms with van der Waals surface area (Å²) in [5.74, 6) is 1.07. The van der Waals surface area contributed by atoms with Crippen molar-refractivity contribution < 1.29 is 13.9 Å². The normalized spacial score (nSPS) is 14.9. The van der Waals surface area contributed by atoms with Crippen LogP contribution in [-0.4, -0.2) is 37.6 Å².